The number of nitrogens with zero attached hydrogens (tertiary/aromatic N) is 1. The number of nitrogens with two attached hydrogens (primary N) is 1. The van der Waals surface area contributed by atoms with Gasteiger partial charge in [0.1, 0.15) is 5.75 Å². The molecular formula is C18H19F3IN3O3. The Hall–Kier alpha value is -2.37. The van der Waals surface area contributed by atoms with Gasteiger partial charge < -0.3 is 25.3 Å². The number of alkyl halides is 3. The lowest BCUT2D eigenvalue weighted by atomic mass is 10.2. The third-order valence-electron chi connectivity index (χ3n) is 3.63. The van der Waals surface area contributed by atoms with E-state index in [1.54, 1.807) is 0 Å². The van der Waals surface area contributed by atoms with Crippen LogP contribution in [0.1, 0.15) is 12.0 Å². The standard InChI is InChI=1S/C18H18F3N3O3.HI/c19-18(20,21)27-14-7-5-13(6-8-14)24-17(22)23-11-12-3-1-4-15-16(12)26-10-2-9-25-15;/h1,3-8H,2,9-11H2,(H3,22,23,24);1H. The summed E-state index contributed by atoms with van der Waals surface area (Å²) in [5.41, 5.74) is 7.17. The number of para-hydroxylation sites is 1. The number of ether oxygens (including phenoxy) is 3. The van der Waals surface area contributed by atoms with Gasteiger partial charge in [0.25, 0.3) is 0 Å². The number of benzene rings is 2. The maximum Gasteiger partial charge on any atom is 0.573 e. The van der Waals surface area contributed by atoms with E-state index in [1.165, 1.54) is 24.3 Å². The molecule has 6 nitrogen and oxygen atoms in total. The molecule has 0 spiro atoms. The minimum Gasteiger partial charge on any atom is -0.490 e. The van der Waals surface area contributed by atoms with Gasteiger partial charge in [-0.15, -0.1) is 37.1 Å². The zero-order valence-corrected chi connectivity index (χ0v) is 17.0. The van der Waals surface area contributed by atoms with Crippen molar-refractivity contribution in [2.24, 2.45) is 10.7 Å². The highest BCUT2D eigenvalue weighted by Gasteiger charge is 2.30. The number of guanidine groups is 1. The molecule has 2 aromatic carbocycles. The van der Waals surface area contributed by atoms with Crippen LogP contribution >= 0.6 is 24.0 Å². The normalized spacial score (nSPS) is 13.9. The summed E-state index contributed by atoms with van der Waals surface area (Å²) in [6.07, 6.45) is -3.93. The van der Waals surface area contributed by atoms with Crippen molar-refractivity contribution >= 4 is 35.6 Å². The van der Waals surface area contributed by atoms with Gasteiger partial charge in [0, 0.05) is 17.7 Å². The highest BCUT2D eigenvalue weighted by atomic mass is 127. The summed E-state index contributed by atoms with van der Waals surface area (Å²) in [5.74, 6) is 1.13. The Morgan fingerprint density at radius 2 is 1.82 bits per heavy atom. The predicted octanol–water partition coefficient (Wildman–Crippen LogP) is 4.29. The Kier molecular flexibility index (Phi) is 7.61. The quantitative estimate of drug-likeness (QED) is 0.366. The SMILES string of the molecule is I.NC(=NCc1cccc2c1OCCCO2)Nc1ccc(OC(F)(F)F)cc1. The highest BCUT2D eigenvalue weighted by Crippen LogP contribution is 2.33. The molecule has 0 saturated heterocycles. The smallest absolute Gasteiger partial charge is 0.490 e. The second kappa shape index (κ2) is 9.71. The highest BCUT2D eigenvalue weighted by molar-refractivity contribution is 14.0. The maximum absolute atomic E-state index is 12.2. The molecule has 1 aliphatic heterocycles. The first-order valence-corrected chi connectivity index (χ1v) is 8.21. The molecule has 10 heteroatoms. The molecule has 152 valence electrons. The molecule has 0 unspecified atom stereocenters. The molecule has 3 rings (SSSR count). The van der Waals surface area contributed by atoms with Crippen LogP contribution in [-0.4, -0.2) is 25.5 Å². The lowest BCUT2D eigenvalue weighted by molar-refractivity contribution is -0.274. The molecule has 0 atom stereocenters. The molecule has 0 radical (unpaired) electrons. The van der Waals surface area contributed by atoms with Crippen molar-refractivity contribution in [2.45, 2.75) is 19.3 Å². The van der Waals surface area contributed by atoms with E-state index < -0.39 is 6.36 Å². The first-order chi connectivity index (χ1) is 12.9. The summed E-state index contributed by atoms with van der Waals surface area (Å²) in [6, 6.07) is 10.7. The van der Waals surface area contributed by atoms with Gasteiger partial charge in [-0.05, 0) is 30.3 Å². The van der Waals surface area contributed by atoms with Gasteiger partial charge >= 0.3 is 6.36 Å². The summed E-state index contributed by atoms with van der Waals surface area (Å²) in [5, 5.41) is 2.81. The van der Waals surface area contributed by atoms with Gasteiger partial charge in [-0.3, -0.25) is 0 Å². The number of halogens is 4. The number of hydrogen-bond donors (Lipinski definition) is 2. The average molecular weight is 509 g/mol. The van der Waals surface area contributed by atoms with E-state index in [1.807, 2.05) is 18.2 Å². The monoisotopic (exact) mass is 509 g/mol. The molecule has 3 N–H and O–H groups in total. The summed E-state index contributed by atoms with van der Waals surface area (Å²) >= 11 is 0. The summed E-state index contributed by atoms with van der Waals surface area (Å²) < 4.78 is 51.7. The van der Waals surface area contributed by atoms with Crippen LogP contribution < -0.4 is 25.3 Å². The minimum atomic E-state index is -4.73. The van der Waals surface area contributed by atoms with Gasteiger partial charge in [0.2, 0.25) is 0 Å². The first kappa shape index (κ1) is 21.9. The van der Waals surface area contributed by atoms with E-state index in [4.69, 9.17) is 15.2 Å². The van der Waals surface area contributed by atoms with Gasteiger partial charge in [-0.1, -0.05) is 12.1 Å². The van der Waals surface area contributed by atoms with Crippen LogP contribution in [0.2, 0.25) is 0 Å². The van der Waals surface area contributed by atoms with Crippen LogP contribution in [0.15, 0.2) is 47.5 Å². The lowest BCUT2D eigenvalue weighted by Gasteiger charge is -2.12. The molecule has 1 aliphatic rings. The second-order valence-electron chi connectivity index (χ2n) is 5.69. The van der Waals surface area contributed by atoms with Crippen molar-refractivity contribution in [3.05, 3.63) is 48.0 Å². The fourth-order valence-electron chi connectivity index (χ4n) is 2.48. The number of fused-ring (bicyclic) bond motifs is 1. The van der Waals surface area contributed by atoms with Gasteiger partial charge in [-0.2, -0.15) is 0 Å². The molecule has 0 aliphatic carbocycles. The van der Waals surface area contributed by atoms with Crippen LogP contribution in [-0.2, 0) is 6.54 Å². The summed E-state index contributed by atoms with van der Waals surface area (Å²) in [4.78, 5) is 4.25. The van der Waals surface area contributed by atoms with E-state index in [0.29, 0.717) is 30.4 Å². The molecule has 0 aromatic heterocycles. The van der Waals surface area contributed by atoms with Gasteiger partial charge in [-0.25, -0.2) is 4.99 Å². The number of nitrogens with one attached hydrogen (secondary N) is 1. The average Bonchev–Trinajstić information content (AvgIpc) is 2.86. The van der Waals surface area contributed by atoms with E-state index in [-0.39, 0.29) is 42.2 Å². The molecular weight excluding hydrogens is 490 g/mol. The fraction of sp³-hybridized carbons (Fsp3) is 0.278. The Bertz CT molecular complexity index is 814. The number of rotatable bonds is 4. The summed E-state index contributed by atoms with van der Waals surface area (Å²) in [6.45, 7) is 1.42. The van der Waals surface area contributed by atoms with Crippen molar-refractivity contribution in [3.63, 3.8) is 0 Å². The first-order valence-electron chi connectivity index (χ1n) is 8.21. The third kappa shape index (κ3) is 6.36. The van der Waals surface area contributed by atoms with Crippen LogP contribution in [0.4, 0.5) is 18.9 Å². The van der Waals surface area contributed by atoms with Crippen LogP contribution in [0.5, 0.6) is 17.2 Å². The third-order valence-corrected chi connectivity index (χ3v) is 3.63. The van der Waals surface area contributed by atoms with E-state index in [9.17, 15) is 13.2 Å². The van der Waals surface area contributed by atoms with Gasteiger partial charge in [0.15, 0.2) is 17.5 Å². The second-order valence-corrected chi connectivity index (χ2v) is 5.69. The Morgan fingerprint density at radius 1 is 1.11 bits per heavy atom. The predicted molar refractivity (Wildman–Crippen MR) is 110 cm³/mol. The van der Waals surface area contributed by atoms with E-state index in [2.05, 4.69) is 15.0 Å². The van der Waals surface area contributed by atoms with Gasteiger partial charge in [0.05, 0.1) is 19.8 Å². The Morgan fingerprint density at radius 3 is 2.54 bits per heavy atom. The molecule has 2 aromatic rings. The number of aliphatic imine (C=N–C) groups is 1. The summed E-state index contributed by atoms with van der Waals surface area (Å²) in [7, 11) is 0. The molecule has 0 bridgehead atoms. The van der Waals surface area contributed by atoms with Crippen molar-refractivity contribution < 1.29 is 27.4 Å². The largest absolute Gasteiger partial charge is 0.573 e. The lowest BCUT2D eigenvalue weighted by Crippen LogP contribution is -2.22. The molecule has 0 amide bonds. The molecule has 1 heterocycles. The zero-order chi connectivity index (χ0) is 19.3. The maximum atomic E-state index is 12.2. The molecule has 0 fully saturated rings. The van der Waals surface area contributed by atoms with Crippen LogP contribution in [0.3, 0.4) is 0 Å². The zero-order valence-electron chi connectivity index (χ0n) is 14.7. The molecule has 0 saturated carbocycles. The van der Waals surface area contributed by atoms with Crippen molar-refractivity contribution in [1.82, 2.24) is 0 Å². The fourth-order valence-corrected chi connectivity index (χ4v) is 2.48. The van der Waals surface area contributed by atoms with Crippen LogP contribution in [0.25, 0.3) is 0 Å². The Labute approximate surface area is 176 Å². The topological polar surface area (TPSA) is 78.1 Å². The van der Waals surface area contributed by atoms with Crippen molar-refractivity contribution in [2.75, 3.05) is 18.5 Å². The molecule has 28 heavy (non-hydrogen) atoms. The van der Waals surface area contributed by atoms with E-state index in [0.717, 1.165) is 12.0 Å². The Balaban J connectivity index is 0.00000280. The van der Waals surface area contributed by atoms with Crippen molar-refractivity contribution in [1.29, 1.82) is 0 Å². The van der Waals surface area contributed by atoms with E-state index >= 15 is 0 Å². The number of hydrogen-bond acceptors (Lipinski definition) is 4. The van der Waals surface area contributed by atoms with Crippen LogP contribution in [0, 0.1) is 0 Å². The van der Waals surface area contributed by atoms with Crippen molar-refractivity contribution in [3.8, 4) is 17.2 Å². The number of anilines is 1. The minimum absolute atomic E-state index is 0.